The van der Waals surface area contributed by atoms with Gasteiger partial charge in [0.25, 0.3) is 0 Å². The maximum atomic E-state index is 6.24. The molecule has 0 spiro atoms. The van der Waals surface area contributed by atoms with Crippen LogP contribution in [-0.4, -0.2) is 41.6 Å². The van der Waals surface area contributed by atoms with E-state index in [-0.39, 0.29) is 0 Å². The Hall–Kier alpha value is -2.34. The molecule has 0 unspecified atom stereocenters. The Morgan fingerprint density at radius 3 is 2.72 bits per heavy atom. The molecule has 1 aromatic carbocycles. The van der Waals surface area contributed by atoms with Gasteiger partial charge < -0.3 is 15.4 Å². The largest absolute Gasteiger partial charge is 0.496 e. The van der Waals surface area contributed by atoms with Crippen LogP contribution < -0.4 is 15.4 Å². The zero-order chi connectivity index (χ0) is 17.2. The molecule has 0 saturated carbocycles. The quantitative estimate of drug-likeness (QED) is 0.921. The second-order valence-corrected chi connectivity index (χ2v) is 6.80. The van der Waals surface area contributed by atoms with Gasteiger partial charge in [-0.1, -0.05) is 18.2 Å². The lowest BCUT2D eigenvalue weighted by Crippen LogP contribution is -2.33. The molecule has 6 nitrogen and oxygen atoms in total. The highest BCUT2D eigenvalue weighted by Crippen LogP contribution is 2.28. The Labute approximate surface area is 148 Å². The van der Waals surface area contributed by atoms with Gasteiger partial charge in [-0.25, -0.2) is 4.98 Å². The molecule has 0 radical (unpaired) electrons. The summed E-state index contributed by atoms with van der Waals surface area (Å²) < 4.78 is 5.48. The van der Waals surface area contributed by atoms with E-state index in [1.54, 1.807) is 7.11 Å². The second-order valence-electron chi connectivity index (χ2n) is 6.80. The fourth-order valence-corrected chi connectivity index (χ4v) is 3.77. The van der Waals surface area contributed by atoms with E-state index >= 15 is 0 Å². The summed E-state index contributed by atoms with van der Waals surface area (Å²) in [6, 6.07) is 8.20. The van der Waals surface area contributed by atoms with Gasteiger partial charge in [-0.3, -0.25) is 4.90 Å². The Kier molecular flexibility index (Phi) is 4.44. The van der Waals surface area contributed by atoms with E-state index in [1.165, 1.54) is 18.4 Å². The molecule has 2 aromatic rings. The molecule has 6 heteroatoms. The third-order valence-electron chi connectivity index (χ3n) is 5.14. The molecule has 2 aliphatic heterocycles. The lowest BCUT2D eigenvalue weighted by molar-refractivity contribution is 0.238. The monoisotopic (exact) mass is 339 g/mol. The van der Waals surface area contributed by atoms with Gasteiger partial charge >= 0.3 is 0 Å². The van der Waals surface area contributed by atoms with Crippen molar-refractivity contribution in [1.82, 2.24) is 14.9 Å². The van der Waals surface area contributed by atoms with E-state index in [4.69, 9.17) is 15.5 Å². The highest BCUT2D eigenvalue weighted by molar-refractivity contribution is 5.49. The number of nitrogens with two attached hydrogens (primary N) is 1. The number of aromatic nitrogens is 2. The van der Waals surface area contributed by atoms with E-state index in [0.717, 1.165) is 62.1 Å². The molecule has 0 amide bonds. The number of methoxy groups -OCH3 is 1. The molecule has 1 fully saturated rings. The van der Waals surface area contributed by atoms with E-state index in [9.17, 15) is 0 Å². The van der Waals surface area contributed by atoms with E-state index < -0.39 is 0 Å². The fourth-order valence-electron chi connectivity index (χ4n) is 3.77. The summed E-state index contributed by atoms with van der Waals surface area (Å²) in [4.78, 5) is 14.1. The second kappa shape index (κ2) is 6.88. The Balaban J connectivity index is 1.55. The van der Waals surface area contributed by atoms with Crippen molar-refractivity contribution in [1.29, 1.82) is 0 Å². The third-order valence-corrected chi connectivity index (χ3v) is 5.14. The molecule has 3 heterocycles. The van der Waals surface area contributed by atoms with Crippen LogP contribution in [-0.2, 0) is 19.5 Å². The zero-order valence-electron chi connectivity index (χ0n) is 14.7. The van der Waals surface area contributed by atoms with Crippen LogP contribution in [0.15, 0.2) is 24.3 Å². The number of nitrogen functional groups attached to an aromatic ring is 1. The summed E-state index contributed by atoms with van der Waals surface area (Å²) in [7, 11) is 1.72. The molecule has 2 N–H and O–H groups in total. The van der Waals surface area contributed by atoms with E-state index in [1.807, 2.05) is 12.1 Å². The van der Waals surface area contributed by atoms with Gasteiger partial charge in [0.15, 0.2) is 0 Å². The first-order valence-corrected chi connectivity index (χ1v) is 8.99. The Bertz CT molecular complexity index is 757. The SMILES string of the molecule is COc1ccccc1CN1CCc2c(N)nc(N3CCCC3)nc2C1. The molecule has 1 saturated heterocycles. The maximum absolute atomic E-state index is 6.24. The van der Waals surface area contributed by atoms with Gasteiger partial charge in [-0.15, -0.1) is 0 Å². The van der Waals surface area contributed by atoms with Crippen molar-refractivity contribution in [3.05, 3.63) is 41.1 Å². The molecule has 2 aliphatic rings. The lowest BCUT2D eigenvalue weighted by Gasteiger charge is -2.30. The number of fused-ring (bicyclic) bond motifs is 1. The van der Waals surface area contributed by atoms with Gasteiger partial charge in [-0.05, 0) is 25.3 Å². The van der Waals surface area contributed by atoms with Gasteiger partial charge in [0, 0.05) is 43.9 Å². The zero-order valence-corrected chi connectivity index (χ0v) is 14.7. The van der Waals surface area contributed by atoms with Crippen molar-refractivity contribution in [3.63, 3.8) is 0 Å². The molecular formula is C19H25N5O. The topological polar surface area (TPSA) is 67.5 Å². The molecule has 0 aliphatic carbocycles. The van der Waals surface area contributed by atoms with Gasteiger partial charge in [-0.2, -0.15) is 4.98 Å². The Morgan fingerprint density at radius 1 is 1.12 bits per heavy atom. The number of ether oxygens (including phenoxy) is 1. The van der Waals surface area contributed by atoms with Crippen LogP contribution in [0.2, 0.25) is 0 Å². The molecular weight excluding hydrogens is 314 g/mol. The van der Waals surface area contributed by atoms with Crippen molar-refractivity contribution in [3.8, 4) is 5.75 Å². The average Bonchev–Trinajstić information content (AvgIpc) is 3.16. The van der Waals surface area contributed by atoms with Crippen molar-refractivity contribution in [2.45, 2.75) is 32.4 Å². The average molecular weight is 339 g/mol. The summed E-state index contributed by atoms with van der Waals surface area (Å²) >= 11 is 0. The maximum Gasteiger partial charge on any atom is 0.227 e. The third kappa shape index (κ3) is 3.26. The van der Waals surface area contributed by atoms with E-state index in [2.05, 4.69) is 26.9 Å². The highest BCUT2D eigenvalue weighted by Gasteiger charge is 2.24. The molecule has 4 rings (SSSR count). The number of rotatable bonds is 4. The molecule has 1 aromatic heterocycles. The first kappa shape index (κ1) is 16.1. The standard InChI is InChI=1S/C19H25N5O/c1-25-17-7-3-2-6-14(17)12-23-11-8-15-16(13-23)21-19(22-18(15)20)24-9-4-5-10-24/h2-3,6-7H,4-5,8-13H2,1H3,(H2,20,21,22). The predicted octanol–water partition coefficient (Wildman–Crippen LogP) is 2.23. The van der Waals surface area contributed by atoms with Crippen LogP contribution in [0.5, 0.6) is 5.75 Å². The van der Waals surface area contributed by atoms with E-state index in [0.29, 0.717) is 5.82 Å². The first-order valence-electron chi connectivity index (χ1n) is 8.99. The van der Waals surface area contributed by atoms with Crippen molar-refractivity contribution < 1.29 is 4.74 Å². The number of para-hydroxylation sites is 1. The van der Waals surface area contributed by atoms with Crippen molar-refractivity contribution in [2.24, 2.45) is 0 Å². The highest BCUT2D eigenvalue weighted by atomic mass is 16.5. The predicted molar refractivity (Wildman–Crippen MR) is 98.7 cm³/mol. The summed E-state index contributed by atoms with van der Waals surface area (Å²) in [5.74, 6) is 2.39. The van der Waals surface area contributed by atoms with Crippen LogP contribution in [0.25, 0.3) is 0 Å². The lowest BCUT2D eigenvalue weighted by atomic mass is 10.0. The Morgan fingerprint density at radius 2 is 1.92 bits per heavy atom. The number of benzene rings is 1. The summed E-state index contributed by atoms with van der Waals surface area (Å²) in [6.45, 7) is 4.68. The van der Waals surface area contributed by atoms with Crippen LogP contribution in [0, 0.1) is 0 Å². The number of hydrogen-bond donors (Lipinski definition) is 1. The number of anilines is 2. The minimum Gasteiger partial charge on any atom is -0.496 e. The van der Waals surface area contributed by atoms with Gasteiger partial charge in [0.2, 0.25) is 5.95 Å². The van der Waals surface area contributed by atoms with Crippen LogP contribution in [0.3, 0.4) is 0 Å². The molecule has 0 bridgehead atoms. The molecule has 25 heavy (non-hydrogen) atoms. The van der Waals surface area contributed by atoms with Gasteiger partial charge in [0.1, 0.15) is 11.6 Å². The minimum absolute atomic E-state index is 0.656. The minimum atomic E-state index is 0.656. The number of nitrogens with zero attached hydrogens (tertiary/aromatic N) is 4. The number of hydrogen-bond acceptors (Lipinski definition) is 6. The smallest absolute Gasteiger partial charge is 0.227 e. The first-order chi connectivity index (χ1) is 12.2. The summed E-state index contributed by atoms with van der Waals surface area (Å²) in [5, 5.41) is 0. The fraction of sp³-hybridized carbons (Fsp3) is 0.474. The van der Waals surface area contributed by atoms with Crippen molar-refractivity contribution >= 4 is 11.8 Å². The van der Waals surface area contributed by atoms with Crippen molar-refractivity contribution in [2.75, 3.05) is 37.4 Å². The van der Waals surface area contributed by atoms with Crippen LogP contribution in [0.1, 0.15) is 29.7 Å². The molecule has 132 valence electrons. The van der Waals surface area contributed by atoms with Gasteiger partial charge in [0.05, 0.1) is 12.8 Å². The summed E-state index contributed by atoms with van der Waals surface area (Å²) in [5.41, 5.74) is 9.64. The summed E-state index contributed by atoms with van der Waals surface area (Å²) in [6.07, 6.45) is 3.32. The molecule has 0 atom stereocenters. The van der Waals surface area contributed by atoms with Crippen LogP contribution in [0.4, 0.5) is 11.8 Å². The van der Waals surface area contributed by atoms with Crippen LogP contribution >= 0.6 is 0 Å². The normalized spacial score (nSPS) is 17.6.